The van der Waals surface area contributed by atoms with E-state index in [9.17, 15) is 0 Å². The summed E-state index contributed by atoms with van der Waals surface area (Å²) in [5.74, 6) is 0. The van der Waals surface area contributed by atoms with Crippen molar-refractivity contribution < 1.29 is 9.47 Å². The van der Waals surface area contributed by atoms with Crippen LogP contribution in [0.15, 0.2) is 24.3 Å². The Bertz CT molecular complexity index is 413. The fourth-order valence-electron chi connectivity index (χ4n) is 2.93. The fraction of sp³-hybridized carbons (Fsp3) is 0.625. The van der Waals surface area contributed by atoms with Gasteiger partial charge in [0.25, 0.3) is 0 Å². The maximum Gasteiger partial charge on any atom is 0.0971 e. The summed E-state index contributed by atoms with van der Waals surface area (Å²) in [7, 11) is 3.50. The molecular weight excluding hydrogens is 252 g/mol. The molecule has 112 valence electrons. The number of nitrogens with two attached hydrogens (primary N) is 1. The standard InChI is InChI=1S/C16H26N2O2/c1-12-6-4-5-7-13(12)14(17)8-9-18-10-15(19-2)16(11-18)20-3/h4-7,14-16H,8-11,17H2,1-3H3. The molecule has 2 rings (SSSR count). The number of methoxy groups -OCH3 is 2. The van der Waals surface area contributed by atoms with Gasteiger partial charge in [-0.15, -0.1) is 0 Å². The zero-order valence-electron chi connectivity index (χ0n) is 12.7. The van der Waals surface area contributed by atoms with E-state index in [0.29, 0.717) is 0 Å². The van der Waals surface area contributed by atoms with Crippen molar-refractivity contribution in [3.8, 4) is 0 Å². The number of nitrogens with zero attached hydrogens (tertiary/aromatic N) is 1. The largest absolute Gasteiger partial charge is 0.377 e. The molecule has 1 aliphatic heterocycles. The molecule has 1 heterocycles. The van der Waals surface area contributed by atoms with E-state index in [0.717, 1.165) is 26.1 Å². The first-order valence-corrected chi connectivity index (χ1v) is 7.24. The Morgan fingerprint density at radius 1 is 1.20 bits per heavy atom. The SMILES string of the molecule is COC1CN(CCC(N)c2ccccc2C)CC1OC. The molecule has 1 aliphatic rings. The van der Waals surface area contributed by atoms with Crippen molar-refractivity contribution >= 4 is 0 Å². The zero-order chi connectivity index (χ0) is 14.5. The Labute approximate surface area is 121 Å². The third kappa shape index (κ3) is 3.58. The predicted molar refractivity (Wildman–Crippen MR) is 80.8 cm³/mol. The molecule has 20 heavy (non-hydrogen) atoms. The quantitative estimate of drug-likeness (QED) is 0.861. The average Bonchev–Trinajstić information content (AvgIpc) is 2.87. The van der Waals surface area contributed by atoms with Crippen molar-refractivity contribution in [2.75, 3.05) is 33.9 Å². The van der Waals surface area contributed by atoms with Crippen molar-refractivity contribution in [3.63, 3.8) is 0 Å². The molecule has 0 radical (unpaired) electrons. The highest BCUT2D eigenvalue weighted by molar-refractivity contribution is 5.28. The van der Waals surface area contributed by atoms with E-state index in [1.54, 1.807) is 14.2 Å². The van der Waals surface area contributed by atoms with Gasteiger partial charge in [0, 0.05) is 39.9 Å². The molecule has 0 amide bonds. The second kappa shape index (κ2) is 7.18. The monoisotopic (exact) mass is 278 g/mol. The summed E-state index contributed by atoms with van der Waals surface area (Å²) < 4.78 is 10.9. The van der Waals surface area contributed by atoms with Gasteiger partial charge in [-0.1, -0.05) is 24.3 Å². The molecule has 2 N–H and O–H groups in total. The van der Waals surface area contributed by atoms with Crippen LogP contribution in [-0.4, -0.2) is 51.0 Å². The molecule has 1 fully saturated rings. The highest BCUT2D eigenvalue weighted by Crippen LogP contribution is 2.21. The van der Waals surface area contributed by atoms with Crippen molar-refractivity contribution in [2.45, 2.75) is 31.6 Å². The van der Waals surface area contributed by atoms with Crippen molar-refractivity contribution in [1.82, 2.24) is 4.90 Å². The van der Waals surface area contributed by atoms with E-state index in [1.165, 1.54) is 11.1 Å². The molecule has 1 aromatic rings. The second-order valence-corrected chi connectivity index (χ2v) is 5.56. The number of aryl methyl sites for hydroxylation is 1. The molecule has 1 aromatic carbocycles. The van der Waals surface area contributed by atoms with Crippen molar-refractivity contribution in [2.24, 2.45) is 5.73 Å². The van der Waals surface area contributed by atoms with Crippen LogP contribution in [0.3, 0.4) is 0 Å². The number of hydrogen-bond acceptors (Lipinski definition) is 4. The molecule has 0 saturated carbocycles. The minimum atomic E-state index is 0.0961. The minimum Gasteiger partial charge on any atom is -0.377 e. The highest BCUT2D eigenvalue weighted by Gasteiger charge is 2.32. The maximum atomic E-state index is 6.32. The molecule has 1 saturated heterocycles. The van der Waals surface area contributed by atoms with Gasteiger partial charge in [0.05, 0.1) is 12.2 Å². The summed E-state index contributed by atoms with van der Waals surface area (Å²) in [4.78, 5) is 2.38. The Balaban J connectivity index is 1.85. The van der Waals surface area contributed by atoms with Crippen LogP contribution in [0.1, 0.15) is 23.6 Å². The predicted octanol–water partition coefficient (Wildman–Crippen LogP) is 1.73. The van der Waals surface area contributed by atoms with E-state index in [-0.39, 0.29) is 18.2 Å². The van der Waals surface area contributed by atoms with Crippen LogP contribution in [0, 0.1) is 6.92 Å². The summed E-state index contributed by atoms with van der Waals surface area (Å²) in [5, 5.41) is 0. The van der Waals surface area contributed by atoms with E-state index < -0.39 is 0 Å². The van der Waals surface area contributed by atoms with E-state index in [1.807, 2.05) is 0 Å². The lowest BCUT2D eigenvalue weighted by Crippen LogP contribution is -2.27. The Kier molecular flexibility index (Phi) is 5.54. The Morgan fingerprint density at radius 2 is 1.80 bits per heavy atom. The molecule has 0 bridgehead atoms. The van der Waals surface area contributed by atoms with E-state index in [4.69, 9.17) is 15.2 Å². The molecule has 0 aliphatic carbocycles. The van der Waals surface area contributed by atoms with E-state index in [2.05, 4.69) is 36.1 Å². The molecule has 0 aromatic heterocycles. The lowest BCUT2D eigenvalue weighted by Gasteiger charge is -2.19. The second-order valence-electron chi connectivity index (χ2n) is 5.56. The summed E-state index contributed by atoms with van der Waals surface area (Å²) in [5.41, 5.74) is 8.84. The first-order chi connectivity index (χ1) is 9.65. The number of benzene rings is 1. The number of ether oxygens (including phenoxy) is 2. The lowest BCUT2D eigenvalue weighted by atomic mass is 9.99. The van der Waals surface area contributed by atoms with Gasteiger partial charge < -0.3 is 15.2 Å². The van der Waals surface area contributed by atoms with E-state index >= 15 is 0 Å². The highest BCUT2D eigenvalue weighted by atomic mass is 16.5. The minimum absolute atomic E-state index is 0.0961. The van der Waals surface area contributed by atoms with Gasteiger partial charge in [-0.2, -0.15) is 0 Å². The maximum absolute atomic E-state index is 6.32. The summed E-state index contributed by atoms with van der Waals surface area (Å²) in [6.07, 6.45) is 1.31. The Morgan fingerprint density at radius 3 is 2.35 bits per heavy atom. The van der Waals surface area contributed by atoms with Gasteiger partial charge in [0.1, 0.15) is 0 Å². The molecule has 4 nitrogen and oxygen atoms in total. The van der Waals surface area contributed by atoms with Crippen LogP contribution in [-0.2, 0) is 9.47 Å². The zero-order valence-corrected chi connectivity index (χ0v) is 12.7. The van der Waals surface area contributed by atoms with Gasteiger partial charge in [-0.3, -0.25) is 4.90 Å². The summed E-state index contributed by atoms with van der Waals surface area (Å²) in [6, 6.07) is 8.45. The van der Waals surface area contributed by atoms with Crippen molar-refractivity contribution in [3.05, 3.63) is 35.4 Å². The summed E-state index contributed by atoms with van der Waals surface area (Å²) in [6.45, 7) is 4.95. The normalized spacial score (nSPS) is 25.0. The van der Waals surface area contributed by atoms with Crippen LogP contribution in [0.25, 0.3) is 0 Å². The van der Waals surface area contributed by atoms with Gasteiger partial charge in [0.15, 0.2) is 0 Å². The average molecular weight is 278 g/mol. The van der Waals surface area contributed by atoms with Crippen LogP contribution in [0.5, 0.6) is 0 Å². The smallest absolute Gasteiger partial charge is 0.0971 e. The lowest BCUT2D eigenvalue weighted by molar-refractivity contribution is -0.00461. The van der Waals surface area contributed by atoms with Crippen LogP contribution in [0.4, 0.5) is 0 Å². The van der Waals surface area contributed by atoms with Gasteiger partial charge >= 0.3 is 0 Å². The first kappa shape index (κ1) is 15.4. The van der Waals surface area contributed by atoms with Gasteiger partial charge in [-0.05, 0) is 24.5 Å². The van der Waals surface area contributed by atoms with Crippen LogP contribution >= 0.6 is 0 Å². The van der Waals surface area contributed by atoms with Crippen LogP contribution in [0.2, 0.25) is 0 Å². The van der Waals surface area contributed by atoms with Crippen molar-refractivity contribution in [1.29, 1.82) is 0 Å². The van der Waals surface area contributed by atoms with Crippen LogP contribution < -0.4 is 5.73 Å². The summed E-state index contributed by atoms with van der Waals surface area (Å²) >= 11 is 0. The number of likely N-dealkylation sites (tertiary alicyclic amines) is 1. The number of rotatable bonds is 6. The topological polar surface area (TPSA) is 47.7 Å². The molecule has 4 heteroatoms. The molecular formula is C16H26N2O2. The first-order valence-electron chi connectivity index (χ1n) is 7.24. The third-order valence-electron chi connectivity index (χ3n) is 4.24. The van der Waals surface area contributed by atoms with Gasteiger partial charge in [-0.25, -0.2) is 0 Å². The third-order valence-corrected chi connectivity index (χ3v) is 4.24. The fourth-order valence-corrected chi connectivity index (χ4v) is 2.93. The number of hydrogen-bond donors (Lipinski definition) is 1. The molecule has 3 unspecified atom stereocenters. The molecule has 3 atom stereocenters. The molecule has 0 spiro atoms. The van der Waals surface area contributed by atoms with Gasteiger partial charge in [0.2, 0.25) is 0 Å². The Hall–Kier alpha value is -0.940.